The van der Waals surface area contributed by atoms with Gasteiger partial charge in [0.25, 0.3) is 0 Å². The molecule has 0 aliphatic carbocycles. The third-order valence-corrected chi connectivity index (χ3v) is 2.03. The number of rotatable bonds is 5. The summed E-state index contributed by atoms with van der Waals surface area (Å²) >= 11 is -1.99. The van der Waals surface area contributed by atoms with Crippen molar-refractivity contribution in [3.05, 3.63) is 0 Å². The monoisotopic (exact) mass is 202 g/mol. The van der Waals surface area contributed by atoms with Crippen LogP contribution in [0.15, 0.2) is 0 Å². The van der Waals surface area contributed by atoms with Crippen LogP contribution in [0.5, 0.6) is 0 Å². The first-order valence-corrected chi connectivity index (χ1v) is 4.89. The quantitative estimate of drug-likeness (QED) is 0.380. The molecule has 0 aliphatic rings. The van der Waals surface area contributed by atoms with Crippen LogP contribution in [0.25, 0.3) is 0 Å². The fourth-order valence-electron chi connectivity index (χ4n) is 0.910. The fourth-order valence-corrected chi connectivity index (χ4v) is 1.49. The van der Waals surface area contributed by atoms with Crippen molar-refractivity contribution in [2.24, 2.45) is 5.92 Å². The molecule has 0 spiro atoms. The molecule has 0 N–H and O–H groups in total. The fraction of sp³-hybridized carbons (Fsp3) is 1.00. The van der Waals surface area contributed by atoms with E-state index in [-0.39, 0.29) is 41.4 Å². The van der Waals surface area contributed by atoms with Crippen molar-refractivity contribution in [2.75, 3.05) is 12.9 Å². The minimum atomic E-state index is -1.99. The minimum Gasteiger partial charge on any atom is -0.772 e. The minimum absolute atomic E-state index is 0. The summed E-state index contributed by atoms with van der Waals surface area (Å²) in [5, 5.41) is 0. The van der Waals surface area contributed by atoms with Crippen LogP contribution in [0.4, 0.5) is 0 Å². The standard InChI is InChI=1S/C7H16O3S.Na/c1-6(2)4-7(10-3)5-11(8)9;/h6-7H,4-5H2,1-3H3,(H,8,9);/q;+1/p-1. The van der Waals surface area contributed by atoms with Crippen molar-refractivity contribution in [1.29, 1.82) is 0 Å². The molecule has 0 saturated heterocycles. The Labute approximate surface area is 98.8 Å². The van der Waals surface area contributed by atoms with Gasteiger partial charge in [-0.2, -0.15) is 0 Å². The second-order valence-corrected chi connectivity index (χ2v) is 3.90. The molecule has 0 amide bonds. The van der Waals surface area contributed by atoms with Gasteiger partial charge in [-0.25, -0.2) is 0 Å². The first kappa shape index (κ1) is 15.5. The summed E-state index contributed by atoms with van der Waals surface area (Å²) in [7, 11) is 1.54. The molecule has 12 heavy (non-hydrogen) atoms. The van der Waals surface area contributed by atoms with E-state index in [9.17, 15) is 8.76 Å². The van der Waals surface area contributed by atoms with Crippen LogP contribution < -0.4 is 29.6 Å². The topological polar surface area (TPSA) is 49.4 Å². The smallest absolute Gasteiger partial charge is 0.772 e. The van der Waals surface area contributed by atoms with E-state index in [1.54, 1.807) is 7.11 Å². The van der Waals surface area contributed by atoms with E-state index in [0.29, 0.717) is 5.92 Å². The van der Waals surface area contributed by atoms with Crippen molar-refractivity contribution >= 4 is 11.1 Å². The van der Waals surface area contributed by atoms with E-state index in [4.69, 9.17) is 4.74 Å². The Morgan fingerprint density at radius 3 is 2.25 bits per heavy atom. The van der Waals surface area contributed by atoms with E-state index in [0.717, 1.165) is 6.42 Å². The van der Waals surface area contributed by atoms with E-state index in [2.05, 4.69) is 0 Å². The molecule has 2 unspecified atom stereocenters. The van der Waals surface area contributed by atoms with Gasteiger partial charge in [-0.1, -0.05) is 24.9 Å². The van der Waals surface area contributed by atoms with Crippen LogP contribution in [-0.2, 0) is 15.8 Å². The number of hydrogen-bond donors (Lipinski definition) is 0. The SMILES string of the molecule is COC(CC(C)C)CS(=O)[O-].[Na+]. The van der Waals surface area contributed by atoms with Crippen molar-refractivity contribution in [3.63, 3.8) is 0 Å². The van der Waals surface area contributed by atoms with Crippen molar-refractivity contribution in [1.82, 2.24) is 0 Å². The van der Waals surface area contributed by atoms with Gasteiger partial charge in [0.05, 0.1) is 6.10 Å². The Hall–Kier alpha value is 1.07. The third-order valence-electron chi connectivity index (χ3n) is 1.39. The Bertz CT molecular complexity index is 130. The van der Waals surface area contributed by atoms with Crippen LogP contribution in [0.3, 0.4) is 0 Å². The largest absolute Gasteiger partial charge is 1.00 e. The van der Waals surface area contributed by atoms with Crippen LogP contribution >= 0.6 is 0 Å². The van der Waals surface area contributed by atoms with Crippen molar-refractivity contribution in [2.45, 2.75) is 26.4 Å². The molecule has 5 heteroatoms. The van der Waals surface area contributed by atoms with Crippen molar-refractivity contribution in [3.8, 4) is 0 Å². The molecule has 0 aromatic rings. The summed E-state index contributed by atoms with van der Waals surface area (Å²) in [5.41, 5.74) is 0. The van der Waals surface area contributed by atoms with Gasteiger partial charge in [-0.3, -0.25) is 4.21 Å². The van der Waals surface area contributed by atoms with Gasteiger partial charge in [0.15, 0.2) is 0 Å². The molecule has 68 valence electrons. The second-order valence-electron chi connectivity index (χ2n) is 2.96. The summed E-state index contributed by atoms with van der Waals surface area (Å²) in [6, 6.07) is 0. The first-order chi connectivity index (χ1) is 5.06. The summed E-state index contributed by atoms with van der Waals surface area (Å²) in [4.78, 5) is 0. The van der Waals surface area contributed by atoms with Gasteiger partial charge in [0.1, 0.15) is 0 Å². The summed E-state index contributed by atoms with van der Waals surface area (Å²) in [6.07, 6.45) is 0.651. The normalized spacial score (nSPS) is 15.4. The van der Waals surface area contributed by atoms with E-state index >= 15 is 0 Å². The summed E-state index contributed by atoms with van der Waals surface area (Å²) < 4.78 is 25.5. The molecule has 0 bridgehead atoms. The number of ether oxygens (including phenoxy) is 1. The maximum atomic E-state index is 10.3. The molecule has 0 radical (unpaired) electrons. The predicted molar refractivity (Wildman–Crippen MR) is 44.0 cm³/mol. The van der Waals surface area contributed by atoms with Crippen LogP contribution in [-0.4, -0.2) is 27.7 Å². The molecular formula is C7H15NaO3S. The molecule has 0 aromatic heterocycles. The van der Waals surface area contributed by atoms with Crippen LogP contribution in [0, 0.1) is 5.92 Å². The zero-order valence-electron chi connectivity index (χ0n) is 8.20. The molecular weight excluding hydrogens is 187 g/mol. The molecule has 0 saturated carbocycles. The Balaban J connectivity index is 0. The molecule has 0 rings (SSSR count). The average molecular weight is 202 g/mol. The Morgan fingerprint density at radius 2 is 2.00 bits per heavy atom. The van der Waals surface area contributed by atoms with Gasteiger partial charge in [0, 0.05) is 12.9 Å². The predicted octanol–water partition coefficient (Wildman–Crippen LogP) is -2.07. The summed E-state index contributed by atoms with van der Waals surface area (Å²) in [6.45, 7) is 4.08. The zero-order valence-corrected chi connectivity index (χ0v) is 11.0. The second kappa shape index (κ2) is 8.66. The Kier molecular flexibility index (Phi) is 11.2. The maximum absolute atomic E-state index is 10.3. The molecule has 0 aliphatic heterocycles. The summed E-state index contributed by atoms with van der Waals surface area (Å²) in [5.74, 6) is 0.581. The maximum Gasteiger partial charge on any atom is 1.00 e. The van der Waals surface area contributed by atoms with E-state index < -0.39 is 11.1 Å². The number of hydrogen-bond acceptors (Lipinski definition) is 3. The van der Waals surface area contributed by atoms with Crippen LogP contribution in [0.1, 0.15) is 20.3 Å². The van der Waals surface area contributed by atoms with Gasteiger partial charge in [-0.05, 0) is 12.3 Å². The van der Waals surface area contributed by atoms with E-state index in [1.165, 1.54) is 0 Å². The van der Waals surface area contributed by atoms with E-state index in [1.807, 2.05) is 13.8 Å². The van der Waals surface area contributed by atoms with Crippen LogP contribution in [0.2, 0.25) is 0 Å². The van der Waals surface area contributed by atoms with Gasteiger partial charge < -0.3 is 9.29 Å². The van der Waals surface area contributed by atoms with Gasteiger partial charge in [-0.15, -0.1) is 0 Å². The molecule has 3 nitrogen and oxygen atoms in total. The third kappa shape index (κ3) is 9.16. The van der Waals surface area contributed by atoms with Gasteiger partial charge in [0.2, 0.25) is 0 Å². The molecule has 0 heterocycles. The Morgan fingerprint density at radius 1 is 1.50 bits per heavy atom. The first-order valence-electron chi connectivity index (χ1n) is 3.65. The van der Waals surface area contributed by atoms with Crippen molar-refractivity contribution < 1.29 is 43.1 Å². The molecule has 0 fully saturated rings. The molecule has 2 atom stereocenters. The van der Waals surface area contributed by atoms with Gasteiger partial charge >= 0.3 is 29.6 Å². The number of methoxy groups -OCH3 is 1. The molecule has 0 aromatic carbocycles. The zero-order chi connectivity index (χ0) is 8.85. The average Bonchev–Trinajstić information content (AvgIpc) is 1.84.